The largest absolute Gasteiger partial charge is 0.870 e. The number of nitrogens with zero attached hydrogens (tertiary/aromatic N) is 1. The minimum absolute atomic E-state index is 0. The van der Waals surface area contributed by atoms with Gasteiger partial charge in [0.2, 0.25) is 5.91 Å². The summed E-state index contributed by atoms with van der Waals surface area (Å²) in [4.78, 5) is 11.1. The van der Waals surface area contributed by atoms with Crippen LogP contribution in [0.3, 0.4) is 0 Å². The van der Waals surface area contributed by atoms with E-state index in [2.05, 4.69) is 33.0 Å². The van der Waals surface area contributed by atoms with Crippen molar-refractivity contribution < 1.29 is 14.8 Å². The zero-order valence-corrected chi connectivity index (χ0v) is 9.63. The number of rotatable bonds is 5. The van der Waals surface area contributed by atoms with E-state index in [0.717, 1.165) is 24.0 Å². The van der Waals surface area contributed by atoms with Gasteiger partial charge in [0.15, 0.2) is 0 Å². The molecule has 0 atom stereocenters. The van der Waals surface area contributed by atoms with E-state index in [1.807, 2.05) is 0 Å². The molecule has 4 heteroatoms. The van der Waals surface area contributed by atoms with Gasteiger partial charge in [0, 0.05) is 18.5 Å². The molecule has 0 aliphatic rings. The van der Waals surface area contributed by atoms with Crippen LogP contribution in [0.25, 0.3) is 0 Å². The van der Waals surface area contributed by atoms with Gasteiger partial charge >= 0.3 is 0 Å². The predicted molar refractivity (Wildman–Crippen MR) is 57.3 cm³/mol. The molecule has 0 aliphatic heterocycles. The molecule has 0 spiro atoms. The Hall–Kier alpha value is -0.870. The van der Waals surface area contributed by atoms with E-state index >= 15 is 0 Å². The summed E-state index contributed by atoms with van der Waals surface area (Å²) in [5.74, 6) is -0.0404. The molecular formula is C10H22N2O2. The van der Waals surface area contributed by atoms with E-state index < -0.39 is 0 Å². The average Bonchev–Trinajstić information content (AvgIpc) is 1.95. The first-order valence-corrected chi connectivity index (χ1v) is 4.57. The van der Waals surface area contributed by atoms with Crippen molar-refractivity contribution >= 4 is 5.91 Å². The molecule has 0 saturated carbocycles. The molecule has 1 amide bonds. The van der Waals surface area contributed by atoms with E-state index in [1.165, 1.54) is 0 Å². The molecule has 0 rings (SSSR count). The van der Waals surface area contributed by atoms with Crippen molar-refractivity contribution in [3.05, 3.63) is 12.2 Å². The molecule has 2 N–H and O–H groups in total. The first-order valence-electron chi connectivity index (χ1n) is 4.57. The fourth-order valence-corrected chi connectivity index (χ4v) is 0.906. The maximum Gasteiger partial charge on any atom is 0.246 e. The third-order valence-electron chi connectivity index (χ3n) is 1.68. The summed E-state index contributed by atoms with van der Waals surface area (Å²) in [7, 11) is 6.42. The third-order valence-corrected chi connectivity index (χ3v) is 1.68. The molecule has 0 radical (unpaired) electrons. The van der Waals surface area contributed by atoms with Gasteiger partial charge in [-0.3, -0.25) is 4.79 Å². The molecule has 14 heavy (non-hydrogen) atoms. The van der Waals surface area contributed by atoms with Crippen LogP contribution in [0.5, 0.6) is 0 Å². The molecule has 0 unspecified atom stereocenters. The third kappa shape index (κ3) is 9.22. The average molecular weight is 202 g/mol. The summed E-state index contributed by atoms with van der Waals surface area (Å²) in [6.07, 6.45) is 1.00. The number of carbonyl (C=O) groups excluding carboxylic acids is 1. The lowest BCUT2D eigenvalue weighted by molar-refractivity contribution is -0.870. The number of quaternary nitrogens is 1. The summed E-state index contributed by atoms with van der Waals surface area (Å²) in [6.45, 7) is 7.09. The predicted octanol–water partition coefficient (Wildman–Crippen LogP) is 0.598. The van der Waals surface area contributed by atoms with E-state index in [4.69, 9.17) is 0 Å². The van der Waals surface area contributed by atoms with Crippen LogP contribution in [0.2, 0.25) is 0 Å². The Balaban J connectivity index is 0. The zero-order valence-electron chi connectivity index (χ0n) is 9.63. The Morgan fingerprint density at radius 1 is 1.36 bits per heavy atom. The second-order valence-corrected chi connectivity index (χ2v) is 4.40. The molecular weight excluding hydrogens is 180 g/mol. The van der Waals surface area contributed by atoms with E-state index in [9.17, 15) is 4.79 Å². The Morgan fingerprint density at radius 2 is 1.86 bits per heavy atom. The topological polar surface area (TPSA) is 59.1 Å². The molecule has 0 fully saturated rings. The lowest BCUT2D eigenvalue weighted by Gasteiger charge is -2.23. The molecule has 0 saturated heterocycles. The lowest BCUT2D eigenvalue weighted by atomic mass is 10.3. The minimum Gasteiger partial charge on any atom is -0.870 e. The Morgan fingerprint density at radius 3 is 2.21 bits per heavy atom. The van der Waals surface area contributed by atoms with Gasteiger partial charge in [-0.15, -0.1) is 0 Å². The highest BCUT2D eigenvalue weighted by molar-refractivity contribution is 5.91. The minimum atomic E-state index is -0.0404. The first kappa shape index (κ1) is 15.6. The first-order chi connectivity index (χ1) is 5.83. The molecule has 4 nitrogen and oxygen atoms in total. The molecule has 0 heterocycles. The maximum absolute atomic E-state index is 11.1. The fraction of sp³-hybridized carbons (Fsp3) is 0.700. The lowest BCUT2D eigenvalue weighted by Crippen LogP contribution is -2.37. The summed E-state index contributed by atoms with van der Waals surface area (Å²) in [5.41, 5.74) is 0.574. The van der Waals surface area contributed by atoms with Crippen LogP contribution in [0.1, 0.15) is 13.3 Å². The van der Waals surface area contributed by atoms with Gasteiger partial charge in [-0.05, 0) is 6.92 Å². The standard InChI is InChI=1S/C10H20N2O.H2O/c1-9(2)10(13)11-7-6-8-12(3,4)5;/h1,6-8H2,2-5H3;1H2. The SMILES string of the molecule is C=C(C)C(=O)NCCC[N+](C)(C)C.[OH-]. The van der Waals surface area contributed by atoms with Gasteiger partial charge in [-0.1, -0.05) is 6.58 Å². The van der Waals surface area contributed by atoms with Gasteiger partial charge in [0.1, 0.15) is 0 Å². The van der Waals surface area contributed by atoms with E-state index in [1.54, 1.807) is 6.92 Å². The zero-order chi connectivity index (χ0) is 10.5. The van der Waals surface area contributed by atoms with Gasteiger partial charge in [0.25, 0.3) is 0 Å². The molecule has 84 valence electrons. The molecule has 0 aromatic rings. The van der Waals surface area contributed by atoms with Crippen molar-refractivity contribution in [3.63, 3.8) is 0 Å². The van der Waals surface area contributed by atoms with Gasteiger partial charge in [-0.25, -0.2) is 0 Å². The highest BCUT2D eigenvalue weighted by Crippen LogP contribution is 1.92. The normalized spacial score (nSPS) is 10.3. The van der Waals surface area contributed by atoms with Crippen LogP contribution in [-0.2, 0) is 4.79 Å². The van der Waals surface area contributed by atoms with Crippen LogP contribution in [0.15, 0.2) is 12.2 Å². The monoisotopic (exact) mass is 202 g/mol. The van der Waals surface area contributed by atoms with Crippen molar-refractivity contribution in [2.75, 3.05) is 34.2 Å². The van der Waals surface area contributed by atoms with Crippen LogP contribution < -0.4 is 5.32 Å². The Kier molecular flexibility index (Phi) is 7.31. The van der Waals surface area contributed by atoms with Crippen LogP contribution in [-0.4, -0.2) is 50.1 Å². The molecule has 0 aromatic carbocycles. The van der Waals surface area contributed by atoms with E-state index in [-0.39, 0.29) is 11.4 Å². The molecule has 0 aliphatic carbocycles. The smallest absolute Gasteiger partial charge is 0.246 e. The van der Waals surface area contributed by atoms with Crippen molar-refractivity contribution in [1.82, 2.24) is 5.32 Å². The quantitative estimate of drug-likeness (QED) is 0.403. The van der Waals surface area contributed by atoms with Crippen molar-refractivity contribution in [2.24, 2.45) is 0 Å². The van der Waals surface area contributed by atoms with Gasteiger partial charge in [0.05, 0.1) is 27.7 Å². The molecule has 0 bridgehead atoms. The summed E-state index contributed by atoms with van der Waals surface area (Å²) in [5, 5.41) is 2.81. The second-order valence-electron chi connectivity index (χ2n) is 4.40. The van der Waals surface area contributed by atoms with Crippen LogP contribution in [0, 0.1) is 0 Å². The van der Waals surface area contributed by atoms with Gasteiger partial charge in [-0.2, -0.15) is 0 Å². The fourth-order valence-electron chi connectivity index (χ4n) is 0.906. The highest BCUT2D eigenvalue weighted by Gasteiger charge is 2.06. The number of carbonyl (C=O) groups is 1. The summed E-state index contributed by atoms with van der Waals surface area (Å²) >= 11 is 0. The van der Waals surface area contributed by atoms with Crippen molar-refractivity contribution in [2.45, 2.75) is 13.3 Å². The highest BCUT2D eigenvalue weighted by atomic mass is 16.1. The summed E-state index contributed by atoms with van der Waals surface area (Å²) < 4.78 is 0.933. The van der Waals surface area contributed by atoms with Crippen molar-refractivity contribution in [1.29, 1.82) is 0 Å². The maximum atomic E-state index is 11.1. The number of nitrogens with one attached hydrogen (secondary N) is 1. The van der Waals surface area contributed by atoms with Crippen LogP contribution >= 0.6 is 0 Å². The van der Waals surface area contributed by atoms with E-state index in [0.29, 0.717) is 5.57 Å². The number of amides is 1. The Labute approximate surface area is 86.5 Å². The van der Waals surface area contributed by atoms with Gasteiger partial charge < -0.3 is 15.3 Å². The number of hydrogen-bond acceptors (Lipinski definition) is 2. The Bertz CT molecular complexity index is 195. The number of hydrogen-bond donors (Lipinski definition) is 1. The molecule has 0 aromatic heterocycles. The van der Waals surface area contributed by atoms with Crippen LogP contribution in [0.4, 0.5) is 0 Å². The second kappa shape index (κ2) is 6.56. The summed E-state index contributed by atoms with van der Waals surface area (Å²) in [6, 6.07) is 0. The van der Waals surface area contributed by atoms with Crippen molar-refractivity contribution in [3.8, 4) is 0 Å².